The van der Waals surface area contributed by atoms with Crippen LogP contribution in [0.4, 0.5) is 5.69 Å². The summed E-state index contributed by atoms with van der Waals surface area (Å²) in [6, 6.07) is 17.5. The molecule has 0 fully saturated rings. The lowest BCUT2D eigenvalue weighted by atomic mass is 10.1. The van der Waals surface area contributed by atoms with E-state index in [4.69, 9.17) is 4.74 Å². The number of fused-ring (bicyclic) bond motifs is 3. The van der Waals surface area contributed by atoms with Crippen molar-refractivity contribution in [3.63, 3.8) is 0 Å². The van der Waals surface area contributed by atoms with Gasteiger partial charge in [0.2, 0.25) is 5.91 Å². The van der Waals surface area contributed by atoms with Gasteiger partial charge in [-0.05, 0) is 43.7 Å². The molecule has 142 valence electrons. The molecule has 0 aliphatic heterocycles. The Kier molecular flexibility index (Phi) is 4.92. The minimum Gasteiger partial charge on any atom is -0.495 e. The first-order valence-corrected chi connectivity index (χ1v) is 9.80. The van der Waals surface area contributed by atoms with Crippen LogP contribution in [0.5, 0.6) is 5.75 Å². The number of thioether (sulfide) groups is 1. The van der Waals surface area contributed by atoms with Gasteiger partial charge in [-0.1, -0.05) is 42.1 Å². The molecule has 0 spiro atoms. The molecule has 28 heavy (non-hydrogen) atoms. The number of para-hydroxylation sites is 3. The van der Waals surface area contributed by atoms with Crippen LogP contribution in [0.25, 0.3) is 16.6 Å². The standard InChI is InChI=1S/C21H20N4O2S/c1-13-12-19-23-24-21(25(19)17-10-6-4-8-15(13)17)28-14(2)20(26)22-16-9-5-7-11-18(16)27-3/h4-12,14H,1-3H3,(H,22,26)/t14-/m1/s1. The summed E-state index contributed by atoms with van der Waals surface area (Å²) >= 11 is 1.38. The maximum absolute atomic E-state index is 12.7. The Bertz CT molecular complexity index is 1170. The molecule has 0 radical (unpaired) electrons. The lowest BCUT2D eigenvalue weighted by molar-refractivity contribution is -0.115. The van der Waals surface area contributed by atoms with Crippen molar-refractivity contribution >= 4 is 39.9 Å². The maximum atomic E-state index is 12.7. The summed E-state index contributed by atoms with van der Waals surface area (Å²) in [5, 5.41) is 13.0. The van der Waals surface area contributed by atoms with Crippen LogP contribution < -0.4 is 10.1 Å². The minimum absolute atomic E-state index is 0.123. The fourth-order valence-electron chi connectivity index (χ4n) is 3.14. The van der Waals surface area contributed by atoms with Gasteiger partial charge in [-0.25, -0.2) is 0 Å². The van der Waals surface area contributed by atoms with Crippen molar-refractivity contribution in [3.8, 4) is 5.75 Å². The van der Waals surface area contributed by atoms with Crippen LogP contribution >= 0.6 is 11.8 Å². The molecule has 1 atom stereocenters. The Morgan fingerprint density at radius 2 is 1.89 bits per heavy atom. The second-order valence-corrected chi connectivity index (χ2v) is 7.78. The van der Waals surface area contributed by atoms with Crippen molar-refractivity contribution in [2.45, 2.75) is 24.3 Å². The number of amides is 1. The molecule has 6 nitrogen and oxygen atoms in total. The second-order valence-electron chi connectivity index (χ2n) is 6.47. The van der Waals surface area contributed by atoms with Gasteiger partial charge in [0, 0.05) is 5.39 Å². The number of carbonyl (C=O) groups excluding carboxylic acids is 1. The van der Waals surface area contributed by atoms with Crippen LogP contribution in [-0.4, -0.2) is 32.9 Å². The molecule has 0 aliphatic carbocycles. The van der Waals surface area contributed by atoms with Gasteiger partial charge < -0.3 is 10.1 Å². The summed E-state index contributed by atoms with van der Waals surface area (Å²) in [6.07, 6.45) is 0. The van der Waals surface area contributed by atoms with Crippen LogP contribution in [0.3, 0.4) is 0 Å². The number of methoxy groups -OCH3 is 1. The van der Waals surface area contributed by atoms with E-state index >= 15 is 0 Å². The molecular formula is C21H20N4O2S. The number of rotatable bonds is 5. The normalized spacial score (nSPS) is 12.2. The number of hydrogen-bond donors (Lipinski definition) is 1. The third-order valence-corrected chi connectivity index (χ3v) is 5.63. The average molecular weight is 392 g/mol. The quantitative estimate of drug-likeness (QED) is 0.512. The highest BCUT2D eigenvalue weighted by Gasteiger charge is 2.20. The third-order valence-electron chi connectivity index (χ3n) is 4.59. The van der Waals surface area contributed by atoms with E-state index in [0.29, 0.717) is 16.6 Å². The first-order chi connectivity index (χ1) is 13.6. The summed E-state index contributed by atoms with van der Waals surface area (Å²) < 4.78 is 7.30. The van der Waals surface area contributed by atoms with E-state index in [2.05, 4.69) is 28.5 Å². The Morgan fingerprint density at radius 3 is 2.71 bits per heavy atom. The first-order valence-electron chi connectivity index (χ1n) is 8.92. The molecule has 2 aromatic carbocycles. The molecule has 2 heterocycles. The van der Waals surface area contributed by atoms with Gasteiger partial charge in [-0.15, -0.1) is 10.2 Å². The molecular weight excluding hydrogens is 372 g/mol. The molecule has 0 unspecified atom stereocenters. The average Bonchev–Trinajstić information content (AvgIpc) is 3.11. The number of nitrogens with one attached hydrogen (secondary N) is 1. The Balaban J connectivity index is 1.63. The number of anilines is 1. The second kappa shape index (κ2) is 7.52. The van der Waals surface area contributed by atoms with Crippen LogP contribution in [0.2, 0.25) is 0 Å². The summed E-state index contributed by atoms with van der Waals surface area (Å²) in [6.45, 7) is 3.92. The Hall–Kier alpha value is -3.06. The molecule has 0 bridgehead atoms. The van der Waals surface area contributed by atoms with E-state index in [0.717, 1.165) is 22.1 Å². The first kappa shape index (κ1) is 18.3. The molecule has 4 rings (SSSR count). The molecule has 1 amide bonds. The monoisotopic (exact) mass is 392 g/mol. The van der Waals surface area contributed by atoms with E-state index in [1.54, 1.807) is 7.11 Å². The van der Waals surface area contributed by atoms with E-state index in [1.807, 2.05) is 59.9 Å². The number of aromatic nitrogens is 3. The number of hydrogen-bond acceptors (Lipinski definition) is 5. The lowest BCUT2D eigenvalue weighted by Gasteiger charge is -2.14. The molecule has 0 saturated carbocycles. The highest BCUT2D eigenvalue weighted by atomic mass is 32.2. The van der Waals surface area contributed by atoms with E-state index in [9.17, 15) is 4.79 Å². The molecule has 4 aromatic rings. The lowest BCUT2D eigenvalue weighted by Crippen LogP contribution is -2.23. The summed E-state index contributed by atoms with van der Waals surface area (Å²) in [4.78, 5) is 12.7. The number of ether oxygens (including phenoxy) is 1. The highest BCUT2D eigenvalue weighted by Crippen LogP contribution is 2.29. The Morgan fingerprint density at radius 1 is 1.14 bits per heavy atom. The largest absolute Gasteiger partial charge is 0.495 e. The summed E-state index contributed by atoms with van der Waals surface area (Å²) in [5.41, 5.74) is 3.60. The zero-order chi connectivity index (χ0) is 19.7. The van der Waals surface area contributed by atoms with Crippen molar-refractivity contribution < 1.29 is 9.53 Å². The Labute approximate surface area is 166 Å². The van der Waals surface area contributed by atoms with Crippen molar-refractivity contribution in [3.05, 3.63) is 60.2 Å². The van der Waals surface area contributed by atoms with Gasteiger partial charge in [0.1, 0.15) is 5.75 Å². The predicted molar refractivity (Wildman–Crippen MR) is 112 cm³/mol. The van der Waals surface area contributed by atoms with Gasteiger partial charge in [0.15, 0.2) is 10.8 Å². The van der Waals surface area contributed by atoms with Gasteiger partial charge in [-0.2, -0.15) is 0 Å². The van der Waals surface area contributed by atoms with Crippen LogP contribution in [0.1, 0.15) is 12.5 Å². The van der Waals surface area contributed by atoms with Crippen molar-refractivity contribution in [2.75, 3.05) is 12.4 Å². The number of aryl methyl sites for hydroxylation is 1. The summed E-state index contributed by atoms with van der Waals surface area (Å²) in [5.74, 6) is 0.505. The van der Waals surface area contributed by atoms with Gasteiger partial charge in [0.25, 0.3) is 0 Å². The third kappa shape index (κ3) is 3.29. The zero-order valence-electron chi connectivity index (χ0n) is 15.8. The van der Waals surface area contributed by atoms with E-state index in [-0.39, 0.29) is 11.2 Å². The number of nitrogens with zero attached hydrogens (tertiary/aromatic N) is 3. The number of benzene rings is 2. The minimum atomic E-state index is -0.364. The number of pyridine rings is 1. The molecule has 0 aliphatic rings. The smallest absolute Gasteiger partial charge is 0.237 e. The molecule has 0 saturated heterocycles. The van der Waals surface area contributed by atoms with Crippen LogP contribution in [0, 0.1) is 6.92 Å². The SMILES string of the molecule is COc1ccccc1NC(=O)[C@@H](C)Sc1nnc2cc(C)c3ccccc3n12. The van der Waals surface area contributed by atoms with E-state index < -0.39 is 0 Å². The zero-order valence-corrected chi connectivity index (χ0v) is 16.7. The molecule has 7 heteroatoms. The van der Waals surface area contributed by atoms with Crippen LogP contribution in [-0.2, 0) is 4.79 Å². The highest BCUT2D eigenvalue weighted by molar-refractivity contribution is 8.00. The molecule has 1 N–H and O–H groups in total. The van der Waals surface area contributed by atoms with Gasteiger partial charge in [0.05, 0.1) is 23.6 Å². The van der Waals surface area contributed by atoms with Gasteiger partial charge >= 0.3 is 0 Å². The van der Waals surface area contributed by atoms with Gasteiger partial charge in [-0.3, -0.25) is 9.20 Å². The van der Waals surface area contributed by atoms with Crippen molar-refractivity contribution in [2.24, 2.45) is 0 Å². The van der Waals surface area contributed by atoms with E-state index in [1.165, 1.54) is 11.8 Å². The van der Waals surface area contributed by atoms with Crippen molar-refractivity contribution in [1.82, 2.24) is 14.6 Å². The van der Waals surface area contributed by atoms with Crippen molar-refractivity contribution in [1.29, 1.82) is 0 Å². The fourth-order valence-corrected chi connectivity index (χ4v) is 4.01. The van der Waals surface area contributed by atoms with Crippen LogP contribution in [0.15, 0.2) is 59.8 Å². The molecule has 2 aromatic heterocycles. The number of carbonyl (C=O) groups is 1. The maximum Gasteiger partial charge on any atom is 0.237 e. The topological polar surface area (TPSA) is 68.5 Å². The summed E-state index contributed by atoms with van der Waals surface area (Å²) in [7, 11) is 1.58. The fraction of sp³-hybridized carbons (Fsp3) is 0.190. The predicted octanol–water partition coefficient (Wildman–Crippen LogP) is 4.32.